The number of methoxy groups -OCH3 is 1. The van der Waals surface area contributed by atoms with Crippen molar-refractivity contribution >= 4 is 12.2 Å². The molecule has 0 fully saturated rings. The smallest absolute Gasteiger partial charge is 0.199 e. The fraction of sp³-hybridized carbons (Fsp3) is 0.391. The number of rotatable bonds is 10. The van der Waals surface area contributed by atoms with E-state index in [4.69, 9.17) is 26.8 Å². The van der Waals surface area contributed by atoms with Crippen LogP contribution >= 0.6 is 12.2 Å². The molecule has 1 aromatic heterocycles. The van der Waals surface area contributed by atoms with Gasteiger partial charge >= 0.3 is 0 Å². The maximum Gasteiger partial charge on any atom is 0.199 e. The summed E-state index contributed by atoms with van der Waals surface area (Å²) in [6.45, 7) is 6.85. The van der Waals surface area contributed by atoms with E-state index in [2.05, 4.69) is 53.8 Å². The molecular weight excluding hydrogens is 396 g/mol. The second-order valence-corrected chi connectivity index (χ2v) is 7.54. The van der Waals surface area contributed by atoms with Gasteiger partial charge in [-0.15, -0.1) is 0 Å². The summed E-state index contributed by atoms with van der Waals surface area (Å²) in [6, 6.07) is 16.4. The third-order valence-electron chi connectivity index (χ3n) is 4.88. The largest absolute Gasteiger partial charge is 0.493 e. The van der Waals surface area contributed by atoms with Crippen LogP contribution in [0.3, 0.4) is 0 Å². The average Bonchev–Trinajstić information content (AvgIpc) is 3.03. The van der Waals surface area contributed by atoms with Gasteiger partial charge in [0.25, 0.3) is 0 Å². The Morgan fingerprint density at radius 1 is 1.03 bits per heavy atom. The predicted molar refractivity (Wildman–Crippen MR) is 122 cm³/mol. The van der Waals surface area contributed by atoms with Crippen LogP contribution in [0.25, 0.3) is 0 Å². The van der Waals surface area contributed by atoms with Crippen molar-refractivity contribution in [2.75, 3.05) is 20.8 Å². The van der Waals surface area contributed by atoms with Gasteiger partial charge in [0.1, 0.15) is 5.82 Å². The molecule has 7 heteroatoms. The molecule has 0 atom stereocenters. The van der Waals surface area contributed by atoms with Crippen LogP contribution in [0.2, 0.25) is 0 Å². The summed E-state index contributed by atoms with van der Waals surface area (Å²) in [7, 11) is 3.73. The van der Waals surface area contributed by atoms with E-state index in [1.807, 2.05) is 29.8 Å². The standard InChI is InChI=1S/C23H30N4O2S/c1-5-26-22(15-18-10-8-7-9-11-18)24-27(23(26)30)17-25(3)16-19-12-13-20(29-6-2)21(14-19)28-4/h7-14H,5-6,15-17H2,1-4H3. The zero-order valence-electron chi connectivity index (χ0n) is 18.2. The summed E-state index contributed by atoms with van der Waals surface area (Å²) in [5.41, 5.74) is 2.37. The normalized spacial score (nSPS) is 11.1. The number of benzene rings is 2. The quantitative estimate of drug-likeness (QED) is 0.446. The first-order valence-electron chi connectivity index (χ1n) is 10.2. The van der Waals surface area contributed by atoms with E-state index < -0.39 is 0 Å². The second-order valence-electron chi connectivity index (χ2n) is 7.18. The van der Waals surface area contributed by atoms with Crippen LogP contribution in [-0.2, 0) is 26.2 Å². The number of ether oxygens (including phenoxy) is 2. The number of nitrogens with zero attached hydrogens (tertiary/aromatic N) is 4. The molecule has 0 saturated heterocycles. The SMILES string of the molecule is CCOc1ccc(CN(C)Cn2nc(Cc3ccccc3)n(CC)c2=S)cc1OC. The van der Waals surface area contributed by atoms with Gasteiger partial charge < -0.3 is 14.0 Å². The Morgan fingerprint density at radius 2 is 1.80 bits per heavy atom. The first-order chi connectivity index (χ1) is 14.5. The lowest BCUT2D eigenvalue weighted by Gasteiger charge is -2.18. The van der Waals surface area contributed by atoms with Crippen molar-refractivity contribution in [1.82, 2.24) is 19.2 Å². The van der Waals surface area contributed by atoms with Crippen LogP contribution in [0.1, 0.15) is 30.8 Å². The molecule has 3 rings (SSSR count). The van der Waals surface area contributed by atoms with Gasteiger partial charge in [-0.05, 0) is 56.4 Å². The zero-order chi connectivity index (χ0) is 21.5. The van der Waals surface area contributed by atoms with Crippen molar-refractivity contribution in [3.63, 3.8) is 0 Å². The van der Waals surface area contributed by atoms with E-state index >= 15 is 0 Å². The minimum Gasteiger partial charge on any atom is -0.493 e. The van der Waals surface area contributed by atoms with Crippen molar-refractivity contribution in [3.05, 3.63) is 70.3 Å². The Hall–Kier alpha value is -2.64. The topological polar surface area (TPSA) is 44.5 Å². The first-order valence-corrected chi connectivity index (χ1v) is 10.6. The molecule has 0 saturated carbocycles. The molecule has 3 aromatic rings. The minimum absolute atomic E-state index is 0.610. The van der Waals surface area contributed by atoms with E-state index in [0.717, 1.165) is 47.2 Å². The van der Waals surface area contributed by atoms with Crippen molar-refractivity contribution < 1.29 is 9.47 Å². The Labute approximate surface area is 183 Å². The van der Waals surface area contributed by atoms with Crippen LogP contribution in [0.5, 0.6) is 11.5 Å². The Balaban J connectivity index is 1.73. The number of hydrogen-bond acceptors (Lipinski definition) is 5. The molecule has 0 spiro atoms. The molecular formula is C23H30N4O2S. The zero-order valence-corrected chi connectivity index (χ0v) is 19.0. The summed E-state index contributed by atoms with van der Waals surface area (Å²) < 4.78 is 15.8. The molecule has 0 unspecified atom stereocenters. The van der Waals surface area contributed by atoms with Crippen LogP contribution in [0, 0.1) is 4.77 Å². The minimum atomic E-state index is 0.610. The Kier molecular flexibility index (Phi) is 7.65. The maximum absolute atomic E-state index is 5.70. The highest BCUT2D eigenvalue weighted by Gasteiger charge is 2.13. The molecule has 0 bridgehead atoms. The number of aromatic nitrogens is 3. The van der Waals surface area contributed by atoms with Gasteiger partial charge in [0, 0.05) is 19.5 Å². The molecule has 0 aliphatic rings. The van der Waals surface area contributed by atoms with E-state index in [0.29, 0.717) is 13.3 Å². The lowest BCUT2D eigenvalue weighted by atomic mass is 10.1. The lowest BCUT2D eigenvalue weighted by molar-refractivity contribution is 0.242. The summed E-state index contributed by atoms with van der Waals surface area (Å²) in [4.78, 5) is 2.18. The van der Waals surface area contributed by atoms with Crippen molar-refractivity contribution in [2.45, 2.75) is 40.0 Å². The summed E-state index contributed by atoms with van der Waals surface area (Å²) >= 11 is 5.70. The molecule has 0 radical (unpaired) electrons. The third kappa shape index (κ3) is 5.29. The highest BCUT2D eigenvalue weighted by atomic mass is 32.1. The molecule has 6 nitrogen and oxygen atoms in total. The fourth-order valence-corrected chi connectivity index (χ4v) is 3.81. The van der Waals surface area contributed by atoms with Crippen LogP contribution in [0.4, 0.5) is 0 Å². The molecule has 0 aliphatic heterocycles. The van der Waals surface area contributed by atoms with E-state index in [1.165, 1.54) is 5.56 Å². The van der Waals surface area contributed by atoms with E-state index in [9.17, 15) is 0 Å². The maximum atomic E-state index is 5.70. The summed E-state index contributed by atoms with van der Waals surface area (Å²) in [6.07, 6.45) is 0.769. The summed E-state index contributed by atoms with van der Waals surface area (Å²) in [5.74, 6) is 2.51. The predicted octanol–water partition coefficient (Wildman–Crippen LogP) is 4.52. The monoisotopic (exact) mass is 426 g/mol. The van der Waals surface area contributed by atoms with Crippen LogP contribution in [-0.4, -0.2) is 40.0 Å². The molecule has 1 heterocycles. The second kappa shape index (κ2) is 10.4. The fourth-order valence-electron chi connectivity index (χ4n) is 3.48. The molecule has 0 N–H and O–H groups in total. The third-order valence-corrected chi connectivity index (χ3v) is 5.31. The number of hydrogen-bond donors (Lipinski definition) is 0. The lowest BCUT2D eigenvalue weighted by Crippen LogP contribution is -2.22. The van der Waals surface area contributed by atoms with Gasteiger partial charge in [0.2, 0.25) is 0 Å². The highest BCUT2D eigenvalue weighted by molar-refractivity contribution is 7.71. The molecule has 160 valence electrons. The van der Waals surface area contributed by atoms with Crippen LogP contribution < -0.4 is 9.47 Å². The van der Waals surface area contributed by atoms with E-state index in [1.54, 1.807) is 7.11 Å². The molecule has 2 aromatic carbocycles. The Bertz CT molecular complexity index is 1010. The molecule has 0 aliphatic carbocycles. The summed E-state index contributed by atoms with van der Waals surface area (Å²) in [5, 5.41) is 4.82. The van der Waals surface area contributed by atoms with Gasteiger partial charge in [0.05, 0.1) is 20.4 Å². The van der Waals surface area contributed by atoms with Crippen molar-refractivity contribution in [3.8, 4) is 11.5 Å². The van der Waals surface area contributed by atoms with Gasteiger partial charge in [-0.3, -0.25) is 4.90 Å². The van der Waals surface area contributed by atoms with Gasteiger partial charge in [0.15, 0.2) is 16.3 Å². The van der Waals surface area contributed by atoms with E-state index in [-0.39, 0.29) is 0 Å². The highest BCUT2D eigenvalue weighted by Crippen LogP contribution is 2.28. The Morgan fingerprint density at radius 3 is 2.47 bits per heavy atom. The van der Waals surface area contributed by atoms with Crippen molar-refractivity contribution in [1.29, 1.82) is 0 Å². The molecule has 30 heavy (non-hydrogen) atoms. The average molecular weight is 427 g/mol. The first kappa shape index (κ1) is 22.1. The van der Waals surface area contributed by atoms with Crippen molar-refractivity contribution in [2.24, 2.45) is 0 Å². The van der Waals surface area contributed by atoms with Gasteiger partial charge in [-0.2, -0.15) is 5.10 Å². The molecule has 0 amide bonds. The van der Waals surface area contributed by atoms with Gasteiger partial charge in [-0.1, -0.05) is 36.4 Å². The van der Waals surface area contributed by atoms with Gasteiger partial charge in [-0.25, -0.2) is 4.68 Å². The van der Waals surface area contributed by atoms with Crippen LogP contribution in [0.15, 0.2) is 48.5 Å².